The molecule has 20 heavy (non-hydrogen) atoms. The molecule has 3 rings (SSSR count). The molecule has 1 amide bonds. The average Bonchev–Trinajstić information content (AvgIpc) is 2.92. The van der Waals surface area contributed by atoms with Crippen LogP contribution in [0.15, 0.2) is 0 Å². The lowest BCUT2D eigenvalue weighted by atomic mass is 10.00. The summed E-state index contributed by atoms with van der Waals surface area (Å²) in [6.45, 7) is 2.95. The third-order valence-electron chi connectivity index (χ3n) is 3.84. The minimum absolute atomic E-state index is 0.190. The number of carbonyl (C=O) groups is 1. The first-order chi connectivity index (χ1) is 9.56. The topological polar surface area (TPSA) is 77.0 Å². The summed E-state index contributed by atoms with van der Waals surface area (Å²) < 4.78 is 2.95. The second kappa shape index (κ2) is 5.05. The molecule has 1 atom stereocenters. The van der Waals surface area contributed by atoms with E-state index in [-0.39, 0.29) is 11.9 Å². The fourth-order valence-electron chi connectivity index (χ4n) is 2.89. The van der Waals surface area contributed by atoms with Gasteiger partial charge in [0, 0.05) is 26.1 Å². The van der Waals surface area contributed by atoms with Crippen molar-refractivity contribution in [1.29, 1.82) is 0 Å². The van der Waals surface area contributed by atoms with Gasteiger partial charge in [0.1, 0.15) is 0 Å². The Balaban J connectivity index is 1.94. The van der Waals surface area contributed by atoms with E-state index in [1.807, 2.05) is 18.7 Å². The molecule has 2 aromatic rings. The van der Waals surface area contributed by atoms with Gasteiger partial charge in [-0.2, -0.15) is 5.10 Å². The van der Waals surface area contributed by atoms with Crippen LogP contribution >= 0.6 is 11.3 Å². The molecule has 0 unspecified atom stereocenters. The quantitative estimate of drug-likeness (QED) is 0.932. The van der Waals surface area contributed by atoms with Gasteiger partial charge >= 0.3 is 0 Å². The molecule has 0 radical (unpaired) electrons. The van der Waals surface area contributed by atoms with E-state index in [4.69, 9.17) is 10.7 Å². The minimum Gasteiger partial charge on any atom is -0.370 e. The van der Waals surface area contributed by atoms with E-state index in [9.17, 15) is 4.79 Å². The number of aryl methyl sites for hydroxylation is 2. The second-order valence-electron chi connectivity index (χ2n) is 5.37. The maximum Gasteiger partial charge on any atom is 0.219 e. The first-order valence-electron chi connectivity index (χ1n) is 6.91. The highest BCUT2D eigenvalue weighted by Crippen LogP contribution is 2.34. The molecule has 3 heterocycles. The number of amides is 1. The Morgan fingerprint density at radius 3 is 3.00 bits per heavy atom. The molecule has 0 saturated carbocycles. The maximum atomic E-state index is 11.2. The molecule has 2 aromatic heterocycles. The molecule has 0 spiro atoms. The number of nitrogens with two attached hydrogens (primary N) is 1. The van der Waals surface area contributed by atoms with E-state index in [1.165, 1.54) is 0 Å². The van der Waals surface area contributed by atoms with Crippen LogP contribution in [0.5, 0.6) is 0 Å². The number of primary amides is 1. The van der Waals surface area contributed by atoms with Gasteiger partial charge in [0.05, 0.1) is 10.4 Å². The predicted molar refractivity (Wildman–Crippen MR) is 79.9 cm³/mol. The number of rotatable bonds is 3. The molecule has 0 bridgehead atoms. The standard InChI is InChI=1S/C13H19N5OS/c1-8-11-12(17(2)16-8)15-13(20-11)18-6-4-3-5-9(18)7-10(14)19/h9H,3-7H2,1-2H3,(H2,14,19)/t9-/m0/s1. The lowest BCUT2D eigenvalue weighted by Crippen LogP contribution is -2.41. The van der Waals surface area contributed by atoms with Gasteiger partial charge in [-0.25, -0.2) is 9.67 Å². The Kier molecular flexibility index (Phi) is 3.37. The number of aromatic nitrogens is 3. The first kappa shape index (κ1) is 13.4. The second-order valence-corrected chi connectivity index (χ2v) is 6.35. The van der Waals surface area contributed by atoms with Crippen LogP contribution in [0, 0.1) is 6.92 Å². The lowest BCUT2D eigenvalue weighted by molar-refractivity contribution is -0.118. The highest BCUT2D eigenvalue weighted by molar-refractivity contribution is 7.22. The zero-order valence-corrected chi connectivity index (χ0v) is 12.6. The van der Waals surface area contributed by atoms with Crippen LogP contribution in [-0.4, -0.2) is 33.3 Å². The molecule has 6 nitrogen and oxygen atoms in total. The number of anilines is 1. The van der Waals surface area contributed by atoms with Crippen molar-refractivity contribution < 1.29 is 4.79 Å². The molecule has 108 valence electrons. The molecule has 2 N–H and O–H groups in total. The van der Waals surface area contributed by atoms with Gasteiger partial charge in [0.15, 0.2) is 10.8 Å². The summed E-state index contributed by atoms with van der Waals surface area (Å²) in [7, 11) is 1.91. The van der Waals surface area contributed by atoms with Gasteiger partial charge in [-0.1, -0.05) is 11.3 Å². The molecular weight excluding hydrogens is 274 g/mol. The smallest absolute Gasteiger partial charge is 0.219 e. The molecule has 0 aromatic carbocycles. The predicted octanol–water partition coefficient (Wildman–Crippen LogP) is 1.57. The lowest BCUT2D eigenvalue weighted by Gasteiger charge is -2.34. The summed E-state index contributed by atoms with van der Waals surface area (Å²) in [4.78, 5) is 18.2. The molecular formula is C13H19N5OS. The molecule has 1 saturated heterocycles. The van der Waals surface area contributed by atoms with Crippen molar-refractivity contribution in [2.24, 2.45) is 12.8 Å². The van der Waals surface area contributed by atoms with Crippen LogP contribution in [0.1, 0.15) is 31.4 Å². The summed E-state index contributed by atoms with van der Waals surface area (Å²) in [5.74, 6) is -0.235. The van der Waals surface area contributed by atoms with Gasteiger partial charge in [-0.05, 0) is 26.2 Å². The number of carbonyl (C=O) groups excluding carboxylic acids is 1. The molecule has 1 aliphatic heterocycles. The number of thiazole rings is 1. The fourth-order valence-corrected chi connectivity index (χ4v) is 4.02. The zero-order chi connectivity index (χ0) is 14.3. The number of hydrogen-bond acceptors (Lipinski definition) is 5. The highest BCUT2D eigenvalue weighted by atomic mass is 32.1. The van der Waals surface area contributed by atoms with Gasteiger partial charge in [-0.15, -0.1) is 0 Å². The van der Waals surface area contributed by atoms with Crippen molar-refractivity contribution in [3.8, 4) is 0 Å². The monoisotopic (exact) mass is 293 g/mol. The Morgan fingerprint density at radius 2 is 2.30 bits per heavy atom. The van der Waals surface area contributed by atoms with E-state index >= 15 is 0 Å². The summed E-state index contributed by atoms with van der Waals surface area (Å²) >= 11 is 1.66. The Hall–Kier alpha value is -1.63. The van der Waals surface area contributed by atoms with Crippen LogP contribution in [0.25, 0.3) is 10.3 Å². The zero-order valence-electron chi connectivity index (χ0n) is 11.8. The third kappa shape index (κ3) is 2.26. The van der Waals surface area contributed by atoms with Crippen molar-refractivity contribution in [1.82, 2.24) is 14.8 Å². The van der Waals surface area contributed by atoms with E-state index in [2.05, 4.69) is 10.00 Å². The SMILES string of the molecule is Cc1nn(C)c2nc(N3CCCC[C@H]3CC(N)=O)sc12. The van der Waals surface area contributed by atoms with Crippen molar-refractivity contribution in [2.75, 3.05) is 11.4 Å². The normalized spacial score (nSPS) is 19.7. The van der Waals surface area contributed by atoms with Crippen LogP contribution in [0.2, 0.25) is 0 Å². The van der Waals surface area contributed by atoms with Gasteiger partial charge in [0.25, 0.3) is 0 Å². The van der Waals surface area contributed by atoms with E-state index in [0.717, 1.165) is 47.0 Å². The Labute approximate surface area is 121 Å². The van der Waals surface area contributed by atoms with Crippen molar-refractivity contribution >= 4 is 32.7 Å². The van der Waals surface area contributed by atoms with Crippen LogP contribution < -0.4 is 10.6 Å². The van der Waals surface area contributed by atoms with E-state index < -0.39 is 0 Å². The molecule has 1 fully saturated rings. The number of nitrogens with zero attached hydrogens (tertiary/aromatic N) is 4. The highest BCUT2D eigenvalue weighted by Gasteiger charge is 2.27. The van der Waals surface area contributed by atoms with E-state index in [1.54, 1.807) is 11.3 Å². The van der Waals surface area contributed by atoms with E-state index in [0.29, 0.717) is 6.42 Å². The van der Waals surface area contributed by atoms with Crippen molar-refractivity contribution in [3.63, 3.8) is 0 Å². The van der Waals surface area contributed by atoms with Gasteiger partial charge in [-0.3, -0.25) is 4.79 Å². The van der Waals surface area contributed by atoms with Gasteiger partial charge in [0.2, 0.25) is 5.91 Å². The third-order valence-corrected chi connectivity index (χ3v) is 5.03. The van der Waals surface area contributed by atoms with Gasteiger partial charge < -0.3 is 10.6 Å². The number of piperidine rings is 1. The first-order valence-corrected chi connectivity index (χ1v) is 7.73. The summed E-state index contributed by atoms with van der Waals surface area (Å²) in [5.41, 5.74) is 7.30. The number of fused-ring (bicyclic) bond motifs is 1. The molecule has 7 heteroatoms. The number of hydrogen-bond donors (Lipinski definition) is 1. The largest absolute Gasteiger partial charge is 0.370 e. The summed E-state index contributed by atoms with van der Waals surface area (Å²) in [6.07, 6.45) is 3.71. The summed E-state index contributed by atoms with van der Waals surface area (Å²) in [5, 5.41) is 5.36. The van der Waals surface area contributed by atoms with Crippen LogP contribution in [-0.2, 0) is 11.8 Å². The van der Waals surface area contributed by atoms with Crippen LogP contribution in [0.3, 0.4) is 0 Å². The molecule has 0 aliphatic carbocycles. The minimum atomic E-state index is -0.235. The fraction of sp³-hybridized carbons (Fsp3) is 0.615. The van der Waals surface area contributed by atoms with Crippen molar-refractivity contribution in [2.45, 2.75) is 38.6 Å². The maximum absolute atomic E-state index is 11.2. The summed E-state index contributed by atoms with van der Waals surface area (Å²) in [6, 6.07) is 0.190. The Bertz CT molecular complexity index is 612. The molecule has 1 aliphatic rings. The average molecular weight is 293 g/mol. The Morgan fingerprint density at radius 1 is 1.50 bits per heavy atom. The van der Waals surface area contributed by atoms with Crippen LogP contribution in [0.4, 0.5) is 5.13 Å². The van der Waals surface area contributed by atoms with Crippen molar-refractivity contribution in [3.05, 3.63) is 5.69 Å².